The van der Waals surface area contributed by atoms with Gasteiger partial charge in [-0.3, -0.25) is 0 Å². The summed E-state index contributed by atoms with van der Waals surface area (Å²) in [5.41, 5.74) is 0.815. The second-order valence-corrected chi connectivity index (χ2v) is 6.42. The van der Waals surface area contributed by atoms with Crippen LogP contribution >= 0.6 is 35.3 Å². The van der Waals surface area contributed by atoms with Crippen LogP contribution in [0.15, 0.2) is 40.7 Å². The number of benzene rings is 1. The van der Waals surface area contributed by atoms with E-state index in [0.717, 1.165) is 31.0 Å². The molecule has 2 rings (SSSR count). The third-order valence-electron chi connectivity index (χ3n) is 3.60. The standard InChI is InChI=1S/C18H24FN3OS.HI/c1-4-20-18(22(2)10-9-15-6-5-11-24-15)21-13-14-7-8-17(23-3)16(19)12-14;/h5-8,11-12H,4,9-10,13H2,1-3H3,(H,20,21);1H. The first-order valence-corrected chi connectivity index (χ1v) is 8.86. The van der Waals surface area contributed by atoms with Gasteiger partial charge >= 0.3 is 0 Å². The summed E-state index contributed by atoms with van der Waals surface area (Å²) in [6.07, 6.45) is 0.982. The fraction of sp³-hybridized carbons (Fsp3) is 0.389. The molecule has 1 N–H and O–H groups in total. The van der Waals surface area contributed by atoms with E-state index in [1.165, 1.54) is 18.1 Å². The number of thiophene rings is 1. The highest BCUT2D eigenvalue weighted by molar-refractivity contribution is 14.0. The van der Waals surface area contributed by atoms with Crippen LogP contribution in [0.5, 0.6) is 5.75 Å². The van der Waals surface area contributed by atoms with Crippen molar-refractivity contribution in [3.8, 4) is 5.75 Å². The predicted octanol–water partition coefficient (Wildman–Crippen LogP) is 4.15. The van der Waals surface area contributed by atoms with Gasteiger partial charge in [-0.25, -0.2) is 9.38 Å². The molecule has 0 saturated carbocycles. The Kier molecular flexibility index (Phi) is 9.81. The van der Waals surface area contributed by atoms with Crippen LogP contribution in [0, 0.1) is 5.82 Å². The van der Waals surface area contributed by atoms with E-state index < -0.39 is 0 Å². The van der Waals surface area contributed by atoms with Crippen molar-refractivity contribution in [2.75, 3.05) is 27.2 Å². The van der Waals surface area contributed by atoms with E-state index in [1.807, 2.05) is 20.0 Å². The topological polar surface area (TPSA) is 36.9 Å². The van der Waals surface area contributed by atoms with Crippen LogP contribution in [-0.2, 0) is 13.0 Å². The van der Waals surface area contributed by atoms with Crippen LogP contribution in [0.3, 0.4) is 0 Å². The molecule has 1 heterocycles. The number of rotatable bonds is 7. The van der Waals surface area contributed by atoms with Crippen molar-refractivity contribution in [1.82, 2.24) is 10.2 Å². The molecule has 0 atom stereocenters. The summed E-state index contributed by atoms with van der Waals surface area (Å²) in [4.78, 5) is 8.06. The molecule has 0 aliphatic heterocycles. The van der Waals surface area contributed by atoms with E-state index >= 15 is 0 Å². The number of methoxy groups -OCH3 is 1. The van der Waals surface area contributed by atoms with Crippen molar-refractivity contribution in [1.29, 1.82) is 0 Å². The second kappa shape index (κ2) is 11.3. The normalized spacial score (nSPS) is 11.0. The monoisotopic (exact) mass is 477 g/mol. The smallest absolute Gasteiger partial charge is 0.193 e. The number of nitrogens with one attached hydrogen (secondary N) is 1. The lowest BCUT2D eigenvalue weighted by atomic mass is 10.2. The highest BCUT2D eigenvalue weighted by Gasteiger charge is 2.07. The van der Waals surface area contributed by atoms with Gasteiger partial charge < -0.3 is 15.0 Å². The van der Waals surface area contributed by atoms with Gasteiger partial charge in [0.25, 0.3) is 0 Å². The fourth-order valence-corrected chi connectivity index (χ4v) is 2.98. The first kappa shape index (κ1) is 21.7. The largest absolute Gasteiger partial charge is 0.494 e. The highest BCUT2D eigenvalue weighted by atomic mass is 127. The van der Waals surface area contributed by atoms with E-state index in [2.05, 4.69) is 32.7 Å². The molecule has 0 fully saturated rings. The zero-order valence-electron chi connectivity index (χ0n) is 14.8. The third-order valence-corrected chi connectivity index (χ3v) is 4.53. The first-order valence-electron chi connectivity index (χ1n) is 7.98. The Bertz CT molecular complexity index is 664. The van der Waals surface area contributed by atoms with Gasteiger partial charge in [0, 0.05) is 25.0 Å². The quantitative estimate of drug-likeness (QED) is 0.370. The maximum Gasteiger partial charge on any atom is 0.193 e. The number of likely N-dealkylation sites (N-methyl/N-ethyl adjacent to an activating group) is 1. The van der Waals surface area contributed by atoms with E-state index in [1.54, 1.807) is 17.4 Å². The maximum absolute atomic E-state index is 13.8. The molecule has 0 radical (unpaired) electrons. The summed E-state index contributed by atoms with van der Waals surface area (Å²) in [7, 11) is 3.48. The van der Waals surface area contributed by atoms with Gasteiger partial charge in [0.1, 0.15) is 0 Å². The zero-order valence-corrected chi connectivity index (χ0v) is 17.9. The minimum absolute atomic E-state index is 0. The van der Waals surface area contributed by atoms with E-state index in [4.69, 9.17) is 4.74 Å². The van der Waals surface area contributed by atoms with Crippen LogP contribution < -0.4 is 10.1 Å². The van der Waals surface area contributed by atoms with Gasteiger partial charge in [0.2, 0.25) is 0 Å². The lowest BCUT2D eigenvalue weighted by Gasteiger charge is -2.21. The Morgan fingerprint density at radius 3 is 2.76 bits per heavy atom. The lowest BCUT2D eigenvalue weighted by molar-refractivity contribution is 0.386. The number of nitrogens with zero attached hydrogens (tertiary/aromatic N) is 2. The summed E-state index contributed by atoms with van der Waals surface area (Å²) in [6.45, 7) is 4.13. The maximum atomic E-state index is 13.8. The minimum atomic E-state index is -0.360. The van der Waals surface area contributed by atoms with Crippen LogP contribution in [0.25, 0.3) is 0 Å². The van der Waals surface area contributed by atoms with Gasteiger partial charge in [-0.05, 0) is 42.5 Å². The van der Waals surface area contributed by atoms with Crippen molar-refractivity contribution >= 4 is 41.3 Å². The molecule has 0 bridgehead atoms. The number of hydrogen-bond donors (Lipinski definition) is 1. The molecular formula is C18H25FIN3OS. The van der Waals surface area contributed by atoms with Gasteiger partial charge in [-0.2, -0.15) is 0 Å². The van der Waals surface area contributed by atoms with Crippen molar-refractivity contribution in [2.24, 2.45) is 4.99 Å². The number of aliphatic imine (C=N–C) groups is 1. The van der Waals surface area contributed by atoms with Crippen LogP contribution in [0.1, 0.15) is 17.4 Å². The van der Waals surface area contributed by atoms with E-state index in [-0.39, 0.29) is 35.5 Å². The summed E-state index contributed by atoms with van der Waals surface area (Å²) in [6, 6.07) is 9.14. The van der Waals surface area contributed by atoms with Crippen LogP contribution in [0.2, 0.25) is 0 Å². The number of halogens is 2. The van der Waals surface area contributed by atoms with Gasteiger partial charge in [0.05, 0.1) is 13.7 Å². The average molecular weight is 477 g/mol. The molecular weight excluding hydrogens is 452 g/mol. The van der Waals surface area contributed by atoms with Gasteiger partial charge in [0.15, 0.2) is 17.5 Å². The Morgan fingerprint density at radius 1 is 1.36 bits per heavy atom. The molecule has 7 heteroatoms. The molecule has 0 saturated heterocycles. The Balaban J connectivity index is 0.00000312. The van der Waals surface area contributed by atoms with E-state index in [0.29, 0.717) is 6.54 Å². The second-order valence-electron chi connectivity index (χ2n) is 5.39. The summed E-state index contributed by atoms with van der Waals surface area (Å²) in [5, 5.41) is 5.37. The average Bonchev–Trinajstić information content (AvgIpc) is 3.10. The van der Waals surface area contributed by atoms with Gasteiger partial charge in [-0.1, -0.05) is 12.1 Å². The number of guanidine groups is 1. The van der Waals surface area contributed by atoms with Crippen LogP contribution in [0.4, 0.5) is 4.39 Å². The van der Waals surface area contributed by atoms with Crippen molar-refractivity contribution in [3.63, 3.8) is 0 Å². The summed E-state index contributed by atoms with van der Waals surface area (Å²) < 4.78 is 18.7. The zero-order chi connectivity index (χ0) is 17.4. The highest BCUT2D eigenvalue weighted by Crippen LogP contribution is 2.18. The molecule has 138 valence electrons. The molecule has 0 amide bonds. The summed E-state index contributed by atoms with van der Waals surface area (Å²) in [5.74, 6) is 0.717. The molecule has 0 spiro atoms. The molecule has 1 aromatic carbocycles. The molecule has 0 aliphatic rings. The fourth-order valence-electron chi connectivity index (χ4n) is 2.28. The van der Waals surface area contributed by atoms with Crippen molar-refractivity contribution in [2.45, 2.75) is 19.9 Å². The van der Waals surface area contributed by atoms with E-state index in [9.17, 15) is 4.39 Å². The SMILES string of the molecule is CCNC(=NCc1ccc(OC)c(F)c1)N(C)CCc1cccs1.I. The minimum Gasteiger partial charge on any atom is -0.494 e. The molecule has 0 aliphatic carbocycles. The van der Waals surface area contributed by atoms with Crippen molar-refractivity contribution in [3.05, 3.63) is 52.0 Å². The molecule has 25 heavy (non-hydrogen) atoms. The molecule has 0 unspecified atom stereocenters. The van der Waals surface area contributed by atoms with Gasteiger partial charge in [-0.15, -0.1) is 35.3 Å². The molecule has 4 nitrogen and oxygen atoms in total. The van der Waals surface area contributed by atoms with Crippen molar-refractivity contribution < 1.29 is 9.13 Å². The number of ether oxygens (including phenoxy) is 1. The molecule has 2 aromatic rings. The Labute approximate surface area is 170 Å². The predicted molar refractivity (Wildman–Crippen MR) is 114 cm³/mol. The first-order chi connectivity index (χ1) is 11.6. The number of hydrogen-bond acceptors (Lipinski definition) is 3. The van der Waals surface area contributed by atoms with Crippen LogP contribution in [-0.4, -0.2) is 38.1 Å². The summed E-state index contributed by atoms with van der Waals surface area (Å²) >= 11 is 1.76. The third kappa shape index (κ3) is 6.81. The Hall–Kier alpha value is -1.35. The molecule has 1 aromatic heterocycles. The lowest BCUT2D eigenvalue weighted by Crippen LogP contribution is -2.39. The Morgan fingerprint density at radius 2 is 2.16 bits per heavy atom.